The van der Waals surface area contributed by atoms with Crippen molar-refractivity contribution in [1.29, 1.82) is 0 Å². The second-order valence-corrected chi connectivity index (χ2v) is 10.1. The van der Waals surface area contributed by atoms with E-state index in [9.17, 15) is 18.0 Å². The molecule has 0 aliphatic carbocycles. The van der Waals surface area contributed by atoms with Gasteiger partial charge in [-0.1, -0.05) is 104 Å². The van der Waals surface area contributed by atoms with Crippen molar-refractivity contribution < 1.29 is 32.4 Å². The van der Waals surface area contributed by atoms with Crippen LogP contribution >= 0.6 is 0 Å². The van der Waals surface area contributed by atoms with Gasteiger partial charge in [0, 0.05) is 0 Å². The Morgan fingerprint density at radius 1 is 0.706 bits per heavy atom. The molecular weight excluding hydrogens is 456 g/mol. The second kappa shape index (κ2) is 29.6. The van der Waals surface area contributed by atoms with E-state index in [1.807, 2.05) is 6.08 Å². The Hall–Kier alpha value is -1.41. The summed E-state index contributed by atoms with van der Waals surface area (Å²) in [5, 5.41) is 15.8. The summed E-state index contributed by atoms with van der Waals surface area (Å²) in [5.41, 5.74) is 0. The standard InChI is InChI=1S/C16H34O3S.C6H12.C4H6O4/c1-3-5-7-9-11-13-15-19-20(17,18)16-14-12-10-8-6-4-2;1-3-5-6-4-2;5-3(6)1-2-4(7)8/h3-16H2,1-2H3;3H,1,4-6H2,2H3;1-2H2,(H,5,6)(H,7,8). The lowest BCUT2D eigenvalue weighted by Crippen LogP contribution is -2.11. The largest absolute Gasteiger partial charge is 0.481 e. The number of unbranched alkanes of at least 4 members (excludes halogenated alkanes) is 12. The molecule has 0 aliphatic heterocycles. The van der Waals surface area contributed by atoms with Crippen molar-refractivity contribution in [2.45, 2.75) is 130 Å². The van der Waals surface area contributed by atoms with Crippen molar-refractivity contribution in [3.05, 3.63) is 12.7 Å². The van der Waals surface area contributed by atoms with Gasteiger partial charge in [0.25, 0.3) is 10.1 Å². The van der Waals surface area contributed by atoms with Crippen LogP contribution in [0.25, 0.3) is 0 Å². The van der Waals surface area contributed by atoms with Crippen molar-refractivity contribution >= 4 is 22.1 Å². The monoisotopic (exact) mass is 508 g/mol. The number of allylic oxidation sites excluding steroid dienone is 1. The molecule has 2 N–H and O–H groups in total. The van der Waals surface area contributed by atoms with Crippen LogP contribution in [-0.4, -0.2) is 42.9 Å². The predicted molar refractivity (Wildman–Crippen MR) is 141 cm³/mol. The van der Waals surface area contributed by atoms with Crippen LogP contribution in [0.3, 0.4) is 0 Å². The Morgan fingerprint density at radius 2 is 1.12 bits per heavy atom. The lowest BCUT2D eigenvalue weighted by molar-refractivity contribution is -0.143. The molecule has 0 saturated carbocycles. The van der Waals surface area contributed by atoms with Gasteiger partial charge in [0.1, 0.15) is 0 Å². The van der Waals surface area contributed by atoms with Gasteiger partial charge in [0.15, 0.2) is 0 Å². The first-order valence-electron chi connectivity index (χ1n) is 13.1. The summed E-state index contributed by atoms with van der Waals surface area (Å²) in [6.07, 6.45) is 18.6. The molecule has 0 radical (unpaired) electrons. The molecule has 0 heterocycles. The molecule has 0 fully saturated rings. The fourth-order valence-electron chi connectivity index (χ4n) is 2.75. The summed E-state index contributed by atoms with van der Waals surface area (Å²) in [5.74, 6) is -1.96. The molecule has 0 saturated heterocycles. The molecule has 0 unspecified atom stereocenters. The maximum absolute atomic E-state index is 11.6. The number of hydrogen-bond acceptors (Lipinski definition) is 5. The topological polar surface area (TPSA) is 118 Å². The minimum absolute atomic E-state index is 0.189. The summed E-state index contributed by atoms with van der Waals surface area (Å²) in [4.78, 5) is 19.3. The van der Waals surface area contributed by atoms with Gasteiger partial charge in [-0.05, 0) is 19.3 Å². The number of hydrogen-bond donors (Lipinski definition) is 2. The van der Waals surface area contributed by atoms with Gasteiger partial charge in [0.2, 0.25) is 0 Å². The van der Waals surface area contributed by atoms with Crippen molar-refractivity contribution in [2.24, 2.45) is 0 Å². The molecule has 0 amide bonds. The molecular formula is C26H52O7S. The highest BCUT2D eigenvalue weighted by molar-refractivity contribution is 7.86. The van der Waals surface area contributed by atoms with E-state index >= 15 is 0 Å². The molecule has 7 nitrogen and oxygen atoms in total. The third-order valence-electron chi connectivity index (χ3n) is 4.82. The first-order valence-corrected chi connectivity index (χ1v) is 14.7. The minimum atomic E-state index is -3.27. The van der Waals surface area contributed by atoms with Crippen molar-refractivity contribution in [2.75, 3.05) is 12.4 Å². The van der Waals surface area contributed by atoms with Crippen LogP contribution in [0.15, 0.2) is 12.7 Å². The maximum Gasteiger partial charge on any atom is 0.303 e. The molecule has 8 heteroatoms. The van der Waals surface area contributed by atoms with E-state index in [2.05, 4.69) is 27.4 Å². The summed E-state index contributed by atoms with van der Waals surface area (Å²) in [6, 6.07) is 0. The third kappa shape index (κ3) is 40.9. The molecule has 0 rings (SSSR count). The van der Waals surface area contributed by atoms with Crippen molar-refractivity contribution in [3.8, 4) is 0 Å². The zero-order chi connectivity index (χ0) is 26.5. The third-order valence-corrected chi connectivity index (χ3v) is 6.14. The summed E-state index contributed by atoms with van der Waals surface area (Å²) >= 11 is 0. The van der Waals surface area contributed by atoms with Gasteiger partial charge >= 0.3 is 11.9 Å². The van der Waals surface area contributed by atoms with Gasteiger partial charge < -0.3 is 10.2 Å². The van der Waals surface area contributed by atoms with E-state index in [4.69, 9.17) is 14.4 Å². The molecule has 0 aromatic rings. The smallest absolute Gasteiger partial charge is 0.303 e. The highest BCUT2D eigenvalue weighted by Crippen LogP contribution is 2.09. The van der Waals surface area contributed by atoms with Gasteiger partial charge in [-0.2, -0.15) is 8.42 Å². The van der Waals surface area contributed by atoms with Crippen LogP contribution in [0, 0.1) is 0 Å². The van der Waals surface area contributed by atoms with Crippen LogP contribution < -0.4 is 0 Å². The normalized spacial score (nSPS) is 10.4. The van der Waals surface area contributed by atoms with E-state index < -0.39 is 22.1 Å². The summed E-state index contributed by atoms with van der Waals surface area (Å²) in [6.45, 7) is 10.5. The number of carboxylic acid groups (broad SMARTS) is 2. The highest BCUT2D eigenvalue weighted by atomic mass is 32.2. The average Bonchev–Trinajstić information content (AvgIpc) is 2.79. The Labute approximate surface area is 209 Å². The summed E-state index contributed by atoms with van der Waals surface area (Å²) in [7, 11) is -3.27. The van der Waals surface area contributed by atoms with Crippen LogP contribution in [0.5, 0.6) is 0 Å². The molecule has 0 atom stereocenters. The number of carbonyl (C=O) groups is 2. The first-order chi connectivity index (χ1) is 16.2. The molecule has 0 aromatic heterocycles. The van der Waals surface area contributed by atoms with Gasteiger partial charge in [0.05, 0.1) is 25.2 Å². The van der Waals surface area contributed by atoms with Crippen molar-refractivity contribution in [1.82, 2.24) is 0 Å². The van der Waals surface area contributed by atoms with E-state index in [1.54, 1.807) is 0 Å². The van der Waals surface area contributed by atoms with Gasteiger partial charge in [-0.25, -0.2) is 0 Å². The van der Waals surface area contributed by atoms with Crippen LogP contribution in [-0.2, 0) is 23.9 Å². The van der Waals surface area contributed by atoms with Crippen LogP contribution in [0.4, 0.5) is 0 Å². The Kier molecular flexibility index (Phi) is 32.4. The van der Waals surface area contributed by atoms with Crippen LogP contribution in [0.2, 0.25) is 0 Å². The lowest BCUT2D eigenvalue weighted by Gasteiger charge is -2.05. The molecule has 34 heavy (non-hydrogen) atoms. The molecule has 0 aromatic carbocycles. The van der Waals surface area contributed by atoms with E-state index in [0.717, 1.165) is 32.1 Å². The lowest BCUT2D eigenvalue weighted by atomic mass is 10.1. The summed E-state index contributed by atoms with van der Waals surface area (Å²) < 4.78 is 28.3. The zero-order valence-electron chi connectivity index (χ0n) is 22.1. The minimum Gasteiger partial charge on any atom is -0.481 e. The van der Waals surface area contributed by atoms with Gasteiger partial charge in [-0.3, -0.25) is 13.8 Å². The maximum atomic E-state index is 11.6. The SMILES string of the molecule is C=CCCCC.CCCCCCCCOS(=O)(=O)CCCCCCCC.O=C(O)CCC(=O)O. The number of rotatable bonds is 21. The Balaban J connectivity index is -0.000000560. The van der Waals surface area contributed by atoms with Crippen molar-refractivity contribution in [3.63, 3.8) is 0 Å². The molecule has 0 bridgehead atoms. The van der Waals surface area contributed by atoms with E-state index in [1.165, 1.54) is 64.2 Å². The highest BCUT2D eigenvalue weighted by Gasteiger charge is 2.10. The Morgan fingerprint density at radius 3 is 1.50 bits per heavy atom. The van der Waals surface area contributed by atoms with E-state index in [0.29, 0.717) is 6.61 Å². The fourth-order valence-corrected chi connectivity index (χ4v) is 3.80. The molecule has 204 valence electrons. The van der Waals surface area contributed by atoms with Gasteiger partial charge in [-0.15, -0.1) is 6.58 Å². The average molecular weight is 509 g/mol. The van der Waals surface area contributed by atoms with Crippen LogP contribution in [0.1, 0.15) is 130 Å². The predicted octanol–water partition coefficient (Wildman–Crippen LogP) is 7.35. The number of aliphatic carboxylic acids is 2. The number of carboxylic acids is 2. The second-order valence-electron chi connectivity index (χ2n) is 8.34. The molecule has 0 spiro atoms. The quantitative estimate of drug-likeness (QED) is 0.0944. The Bertz CT molecular complexity index is 545. The molecule has 0 aliphatic rings. The zero-order valence-corrected chi connectivity index (χ0v) is 22.9. The fraction of sp³-hybridized carbons (Fsp3) is 0.846. The van der Waals surface area contributed by atoms with E-state index in [-0.39, 0.29) is 18.6 Å². The first kappa shape index (κ1) is 37.1.